The highest BCUT2D eigenvalue weighted by molar-refractivity contribution is 7.92. The molecule has 0 unspecified atom stereocenters. The maximum absolute atomic E-state index is 12.9. The van der Waals surface area contributed by atoms with E-state index in [1.165, 1.54) is 31.8 Å². The molecule has 0 bridgehead atoms. The van der Waals surface area contributed by atoms with Crippen molar-refractivity contribution in [3.63, 3.8) is 0 Å². The number of nitrogens with one attached hydrogen (secondary N) is 1. The maximum atomic E-state index is 12.9. The molecular weight excluding hydrogens is 486 g/mol. The van der Waals surface area contributed by atoms with E-state index >= 15 is 0 Å². The molecule has 182 valence electrons. The minimum Gasteiger partial charge on any atom is -0.480 e. The van der Waals surface area contributed by atoms with Crippen molar-refractivity contribution in [2.24, 2.45) is 0 Å². The second-order valence-corrected chi connectivity index (χ2v) is 9.16. The van der Waals surface area contributed by atoms with Crippen molar-refractivity contribution in [1.29, 1.82) is 0 Å². The Bertz CT molecular complexity index is 1640. The lowest BCUT2D eigenvalue weighted by atomic mass is 10.1. The van der Waals surface area contributed by atoms with E-state index in [1.807, 2.05) is 0 Å². The summed E-state index contributed by atoms with van der Waals surface area (Å²) in [4.78, 5) is 20.8. The fourth-order valence-electron chi connectivity index (χ4n) is 3.46. The fourth-order valence-corrected chi connectivity index (χ4v) is 4.50. The van der Waals surface area contributed by atoms with Crippen LogP contribution in [0.4, 0.5) is 5.82 Å². The molecule has 13 heteroatoms. The quantitative estimate of drug-likeness (QED) is 0.330. The van der Waals surface area contributed by atoms with Crippen LogP contribution in [0, 0.1) is 6.92 Å². The molecule has 0 radical (unpaired) electrons. The van der Waals surface area contributed by atoms with E-state index in [4.69, 9.17) is 14.0 Å². The number of ether oxygens (including phenoxy) is 2. The standard InChI is InChI=1S/C23H19N7O5S/c1-14-27-21(35-29-14)12-34-20-6-5-18(23(28-20)33-2)22-17-4-3-16(11-15(17)7-10-25-22)36(31,32)30-19-8-9-24-13-26-19/h3-11,13H,12H2,1-2H3,(H,24,26,30). The average Bonchev–Trinajstić information content (AvgIpc) is 3.32. The molecule has 0 saturated carbocycles. The summed E-state index contributed by atoms with van der Waals surface area (Å²) in [5.74, 6) is 1.60. The Morgan fingerprint density at radius 1 is 1.03 bits per heavy atom. The number of pyridine rings is 2. The molecule has 0 amide bonds. The van der Waals surface area contributed by atoms with Crippen LogP contribution in [-0.4, -0.2) is 45.6 Å². The zero-order chi connectivity index (χ0) is 25.1. The minimum atomic E-state index is -3.86. The number of hydrogen-bond acceptors (Lipinski definition) is 11. The lowest BCUT2D eigenvalue weighted by Crippen LogP contribution is -2.13. The monoisotopic (exact) mass is 505 g/mol. The molecular formula is C23H19N7O5S. The van der Waals surface area contributed by atoms with Crippen molar-refractivity contribution in [3.8, 4) is 23.0 Å². The van der Waals surface area contributed by atoms with Gasteiger partial charge in [0.05, 0.1) is 23.3 Å². The summed E-state index contributed by atoms with van der Waals surface area (Å²) < 4.78 is 44.3. The second-order valence-electron chi connectivity index (χ2n) is 7.47. The van der Waals surface area contributed by atoms with Gasteiger partial charge in [-0.1, -0.05) is 11.2 Å². The van der Waals surface area contributed by atoms with Gasteiger partial charge in [-0.3, -0.25) is 9.71 Å². The van der Waals surface area contributed by atoms with Crippen LogP contribution in [0.5, 0.6) is 11.8 Å². The first-order valence-electron chi connectivity index (χ1n) is 10.6. The third-order valence-electron chi connectivity index (χ3n) is 5.06. The van der Waals surface area contributed by atoms with E-state index in [0.717, 1.165) is 0 Å². The molecule has 0 atom stereocenters. The number of rotatable bonds is 8. The van der Waals surface area contributed by atoms with Crippen LogP contribution in [-0.2, 0) is 16.6 Å². The topological polar surface area (TPSA) is 155 Å². The zero-order valence-electron chi connectivity index (χ0n) is 19.1. The van der Waals surface area contributed by atoms with Crippen LogP contribution in [0.1, 0.15) is 11.7 Å². The predicted molar refractivity (Wildman–Crippen MR) is 128 cm³/mol. The van der Waals surface area contributed by atoms with Gasteiger partial charge < -0.3 is 14.0 Å². The first-order chi connectivity index (χ1) is 17.4. The highest BCUT2D eigenvalue weighted by atomic mass is 32.2. The summed E-state index contributed by atoms with van der Waals surface area (Å²) in [6.07, 6.45) is 4.31. The number of hydrogen-bond donors (Lipinski definition) is 1. The normalized spacial score (nSPS) is 11.4. The highest BCUT2D eigenvalue weighted by Crippen LogP contribution is 2.34. The molecule has 0 fully saturated rings. The molecule has 12 nitrogen and oxygen atoms in total. The van der Waals surface area contributed by atoms with Gasteiger partial charge in [-0.15, -0.1) is 0 Å². The number of aromatic nitrogens is 6. The molecule has 36 heavy (non-hydrogen) atoms. The molecule has 5 rings (SSSR count). The Balaban J connectivity index is 1.45. The van der Waals surface area contributed by atoms with Crippen molar-refractivity contribution in [1.82, 2.24) is 30.1 Å². The molecule has 0 aliphatic carbocycles. The lowest BCUT2D eigenvalue weighted by Gasteiger charge is -2.12. The van der Waals surface area contributed by atoms with Gasteiger partial charge in [0.2, 0.25) is 11.8 Å². The smallest absolute Gasteiger partial charge is 0.264 e. The summed E-state index contributed by atoms with van der Waals surface area (Å²) in [6.45, 7) is 1.77. The average molecular weight is 506 g/mol. The Morgan fingerprint density at radius 2 is 1.92 bits per heavy atom. The number of methoxy groups -OCH3 is 1. The van der Waals surface area contributed by atoms with Crippen LogP contribution >= 0.6 is 0 Å². The van der Waals surface area contributed by atoms with Gasteiger partial charge in [-0.25, -0.2) is 18.4 Å². The van der Waals surface area contributed by atoms with Crippen molar-refractivity contribution in [2.75, 3.05) is 11.8 Å². The molecule has 5 aromatic rings. The third-order valence-corrected chi connectivity index (χ3v) is 6.42. The van der Waals surface area contributed by atoms with E-state index in [-0.39, 0.29) is 23.2 Å². The van der Waals surface area contributed by atoms with Gasteiger partial charge in [0.1, 0.15) is 12.1 Å². The van der Waals surface area contributed by atoms with E-state index < -0.39 is 10.0 Å². The van der Waals surface area contributed by atoms with Crippen LogP contribution in [0.3, 0.4) is 0 Å². The molecule has 4 heterocycles. The first kappa shape index (κ1) is 23.1. The van der Waals surface area contributed by atoms with Crippen LogP contribution in [0.2, 0.25) is 0 Å². The van der Waals surface area contributed by atoms with Gasteiger partial charge >= 0.3 is 0 Å². The van der Waals surface area contributed by atoms with E-state index in [9.17, 15) is 8.42 Å². The first-order valence-corrected chi connectivity index (χ1v) is 12.1. The summed E-state index contributed by atoms with van der Waals surface area (Å²) in [5.41, 5.74) is 1.18. The highest BCUT2D eigenvalue weighted by Gasteiger charge is 2.18. The van der Waals surface area contributed by atoms with Crippen LogP contribution < -0.4 is 14.2 Å². The molecule has 0 aliphatic rings. The largest absolute Gasteiger partial charge is 0.480 e. The van der Waals surface area contributed by atoms with Crippen LogP contribution in [0.25, 0.3) is 22.0 Å². The Kier molecular flexibility index (Phi) is 6.12. The molecule has 0 saturated heterocycles. The van der Waals surface area contributed by atoms with Gasteiger partial charge in [0.15, 0.2) is 12.4 Å². The molecule has 4 aromatic heterocycles. The van der Waals surface area contributed by atoms with Gasteiger partial charge in [0, 0.05) is 23.8 Å². The Morgan fingerprint density at radius 3 is 2.67 bits per heavy atom. The van der Waals surface area contributed by atoms with Crippen molar-refractivity contribution >= 4 is 26.6 Å². The Labute approximate surface area is 205 Å². The van der Waals surface area contributed by atoms with Crippen molar-refractivity contribution in [2.45, 2.75) is 18.4 Å². The molecule has 1 N–H and O–H groups in total. The zero-order valence-corrected chi connectivity index (χ0v) is 19.9. The lowest BCUT2D eigenvalue weighted by molar-refractivity contribution is 0.232. The van der Waals surface area contributed by atoms with E-state index in [0.29, 0.717) is 39.6 Å². The van der Waals surface area contributed by atoms with Gasteiger partial charge in [0.25, 0.3) is 15.9 Å². The van der Waals surface area contributed by atoms with Gasteiger partial charge in [-0.2, -0.15) is 9.97 Å². The minimum absolute atomic E-state index is 0.0587. The summed E-state index contributed by atoms with van der Waals surface area (Å²) in [7, 11) is -2.37. The summed E-state index contributed by atoms with van der Waals surface area (Å²) in [5, 5.41) is 5.10. The third kappa shape index (κ3) is 4.77. The molecule has 1 aromatic carbocycles. The predicted octanol–water partition coefficient (Wildman–Crippen LogP) is 3.17. The van der Waals surface area contributed by atoms with E-state index in [1.54, 1.807) is 43.5 Å². The second kappa shape index (κ2) is 9.54. The number of fused-ring (bicyclic) bond motifs is 1. The van der Waals surface area contributed by atoms with Crippen molar-refractivity contribution < 1.29 is 22.4 Å². The van der Waals surface area contributed by atoms with Crippen molar-refractivity contribution in [3.05, 3.63) is 72.9 Å². The molecule has 0 aliphatic heterocycles. The van der Waals surface area contributed by atoms with Crippen LogP contribution in [0.15, 0.2) is 70.6 Å². The number of nitrogens with zero attached hydrogens (tertiary/aromatic N) is 6. The number of aryl methyl sites for hydroxylation is 1. The number of benzene rings is 1. The summed E-state index contributed by atoms with van der Waals surface area (Å²) in [6, 6.07) is 11.4. The number of anilines is 1. The Hall–Kier alpha value is -4.65. The molecule has 0 spiro atoms. The van der Waals surface area contributed by atoms with Gasteiger partial charge in [-0.05, 0) is 42.6 Å². The maximum Gasteiger partial charge on any atom is 0.264 e. The van der Waals surface area contributed by atoms with E-state index in [2.05, 4.69) is 34.8 Å². The summed E-state index contributed by atoms with van der Waals surface area (Å²) >= 11 is 0. The fraction of sp³-hybridized carbons (Fsp3) is 0.130. The number of sulfonamides is 1. The SMILES string of the molecule is COc1nc(OCc2nc(C)no2)ccc1-c1nccc2cc(S(=O)(=O)Nc3ccncn3)ccc12.